The highest BCUT2D eigenvalue weighted by atomic mass is 32.2. The lowest BCUT2D eigenvalue weighted by Gasteiger charge is -2.19. The molecule has 2 aromatic carbocycles. The third-order valence-corrected chi connectivity index (χ3v) is 6.32. The largest absolute Gasteiger partial charge is 0.377 e. The van der Waals surface area contributed by atoms with E-state index in [4.69, 9.17) is 4.74 Å². The van der Waals surface area contributed by atoms with E-state index in [1.165, 1.54) is 12.8 Å². The van der Waals surface area contributed by atoms with E-state index in [9.17, 15) is 8.42 Å². The van der Waals surface area contributed by atoms with Gasteiger partial charge in [0.05, 0.1) is 11.5 Å². The average molecular weight is 404 g/mol. The summed E-state index contributed by atoms with van der Waals surface area (Å²) >= 11 is 0. The zero-order valence-corrected chi connectivity index (χ0v) is 17.9. The summed E-state index contributed by atoms with van der Waals surface area (Å²) in [5.41, 5.74) is 2.17. The monoisotopic (exact) mass is 403 g/mol. The fourth-order valence-electron chi connectivity index (χ4n) is 3.07. The SMILES string of the molecule is CCCCCC[C@H](CCOCc1ccccc1)NS(=O)(=O)c1ccc(C)cc1. The molecule has 0 aromatic heterocycles. The summed E-state index contributed by atoms with van der Waals surface area (Å²) < 4.78 is 34.2. The Morgan fingerprint density at radius 1 is 0.929 bits per heavy atom. The Balaban J connectivity index is 1.90. The molecule has 0 aliphatic carbocycles. The maximum atomic E-state index is 12.7. The van der Waals surface area contributed by atoms with Crippen molar-refractivity contribution in [3.63, 3.8) is 0 Å². The zero-order valence-electron chi connectivity index (χ0n) is 17.1. The normalized spacial score (nSPS) is 12.8. The standard InChI is InChI=1S/C23H33NO3S/c1-3-4-5-9-12-22(17-18-27-19-21-10-7-6-8-11-21)24-28(25,26)23-15-13-20(2)14-16-23/h6-8,10-11,13-16,22,24H,3-5,9,12,17-19H2,1-2H3/t22-/m1/s1. The third-order valence-electron chi connectivity index (χ3n) is 4.78. The van der Waals surface area contributed by atoms with Gasteiger partial charge in [0.1, 0.15) is 0 Å². The molecule has 4 nitrogen and oxygen atoms in total. The number of rotatable bonds is 13. The Morgan fingerprint density at radius 2 is 1.64 bits per heavy atom. The molecule has 0 aliphatic rings. The molecular weight excluding hydrogens is 370 g/mol. The summed E-state index contributed by atoms with van der Waals surface area (Å²) in [6.07, 6.45) is 6.00. The van der Waals surface area contributed by atoms with E-state index in [0.717, 1.165) is 30.4 Å². The van der Waals surface area contributed by atoms with Gasteiger partial charge in [0.25, 0.3) is 0 Å². The topological polar surface area (TPSA) is 55.4 Å². The molecule has 0 saturated carbocycles. The number of benzene rings is 2. The van der Waals surface area contributed by atoms with Crippen molar-refractivity contribution in [2.45, 2.75) is 69.9 Å². The Labute approximate surface area is 170 Å². The van der Waals surface area contributed by atoms with Gasteiger partial charge < -0.3 is 4.74 Å². The van der Waals surface area contributed by atoms with Gasteiger partial charge in [0, 0.05) is 12.6 Å². The Hall–Kier alpha value is -1.69. The number of hydrogen-bond acceptors (Lipinski definition) is 3. The Kier molecular flexibility index (Phi) is 9.68. The summed E-state index contributed by atoms with van der Waals surface area (Å²) in [6, 6.07) is 16.9. The minimum absolute atomic E-state index is 0.112. The van der Waals surface area contributed by atoms with E-state index in [-0.39, 0.29) is 6.04 Å². The molecule has 0 saturated heterocycles. The van der Waals surface area contributed by atoms with Crippen LogP contribution in [0.25, 0.3) is 0 Å². The van der Waals surface area contributed by atoms with Gasteiger partial charge in [-0.25, -0.2) is 13.1 Å². The molecule has 0 radical (unpaired) electrons. The molecule has 0 spiro atoms. The van der Waals surface area contributed by atoms with Crippen LogP contribution in [-0.2, 0) is 21.4 Å². The maximum Gasteiger partial charge on any atom is 0.240 e. The van der Waals surface area contributed by atoms with E-state index in [1.807, 2.05) is 49.4 Å². The molecule has 0 aliphatic heterocycles. The summed E-state index contributed by atoms with van der Waals surface area (Å²) in [6.45, 7) is 5.21. The molecular formula is C23H33NO3S. The minimum atomic E-state index is -3.51. The molecule has 2 aromatic rings. The van der Waals surface area contributed by atoms with Gasteiger partial charge >= 0.3 is 0 Å². The fraction of sp³-hybridized carbons (Fsp3) is 0.478. The number of hydrogen-bond donors (Lipinski definition) is 1. The van der Waals surface area contributed by atoms with Crippen LogP contribution >= 0.6 is 0 Å². The average Bonchev–Trinajstić information content (AvgIpc) is 2.69. The first-order valence-corrected chi connectivity index (χ1v) is 11.7. The van der Waals surface area contributed by atoms with Crippen molar-refractivity contribution in [2.24, 2.45) is 0 Å². The van der Waals surface area contributed by atoms with E-state index in [0.29, 0.717) is 24.5 Å². The van der Waals surface area contributed by atoms with Crippen LogP contribution < -0.4 is 4.72 Å². The van der Waals surface area contributed by atoms with Crippen LogP contribution in [0.2, 0.25) is 0 Å². The van der Waals surface area contributed by atoms with E-state index < -0.39 is 10.0 Å². The van der Waals surface area contributed by atoms with Gasteiger partial charge in [-0.15, -0.1) is 0 Å². The van der Waals surface area contributed by atoms with Gasteiger partial charge in [-0.2, -0.15) is 0 Å². The highest BCUT2D eigenvalue weighted by Crippen LogP contribution is 2.15. The van der Waals surface area contributed by atoms with Gasteiger partial charge in [-0.3, -0.25) is 0 Å². The van der Waals surface area contributed by atoms with Crippen molar-refractivity contribution in [1.82, 2.24) is 4.72 Å². The molecule has 1 atom stereocenters. The third kappa shape index (κ3) is 8.13. The zero-order chi connectivity index (χ0) is 20.2. The first-order valence-electron chi connectivity index (χ1n) is 10.2. The van der Waals surface area contributed by atoms with Gasteiger partial charge in [0.2, 0.25) is 10.0 Å². The molecule has 2 rings (SSSR count). The van der Waals surface area contributed by atoms with Crippen LogP contribution in [0.15, 0.2) is 59.5 Å². The number of aryl methyl sites for hydroxylation is 1. The second-order valence-electron chi connectivity index (χ2n) is 7.31. The van der Waals surface area contributed by atoms with Gasteiger partial charge in [0.15, 0.2) is 0 Å². The summed E-state index contributed by atoms with van der Waals surface area (Å²) in [7, 11) is -3.51. The van der Waals surface area contributed by atoms with Crippen LogP contribution in [0.1, 0.15) is 56.6 Å². The number of unbranched alkanes of at least 4 members (excludes halogenated alkanes) is 3. The second kappa shape index (κ2) is 12.0. The van der Waals surface area contributed by atoms with E-state index in [1.54, 1.807) is 12.1 Å². The van der Waals surface area contributed by atoms with Crippen LogP contribution in [0.5, 0.6) is 0 Å². The lowest BCUT2D eigenvalue weighted by Crippen LogP contribution is -2.35. The minimum Gasteiger partial charge on any atom is -0.377 e. The smallest absolute Gasteiger partial charge is 0.240 e. The van der Waals surface area contributed by atoms with Gasteiger partial charge in [-0.05, 0) is 37.5 Å². The van der Waals surface area contributed by atoms with Crippen LogP contribution in [0.3, 0.4) is 0 Å². The number of sulfonamides is 1. The first-order chi connectivity index (χ1) is 13.5. The Morgan fingerprint density at radius 3 is 2.32 bits per heavy atom. The maximum absolute atomic E-state index is 12.7. The molecule has 154 valence electrons. The molecule has 0 fully saturated rings. The molecule has 0 amide bonds. The van der Waals surface area contributed by atoms with Gasteiger partial charge in [-0.1, -0.05) is 80.6 Å². The van der Waals surface area contributed by atoms with E-state index >= 15 is 0 Å². The summed E-state index contributed by atoms with van der Waals surface area (Å²) in [5, 5.41) is 0. The molecule has 0 bridgehead atoms. The number of nitrogens with one attached hydrogen (secondary N) is 1. The van der Waals surface area contributed by atoms with Crippen molar-refractivity contribution in [1.29, 1.82) is 0 Å². The van der Waals surface area contributed by atoms with Crippen molar-refractivity contribution in [3.05, 3.63) is 65.7 Å². The highest BCUT2D eigenvalue weighted by Gasteiger charge is 2.19. The van der Waals surface area contributed by atoms with Crippen LogP contribution in [-0.4, -0.2) is 21.1 Å². The predicted molar refractivity (Wildman–Crippen MR) is 115 cm³/mol. The summed E-state index contributed by atoms with van der Waals surface area (Å²) in [4.78, 5) is 0.321. The Bertz CT molecular complexity index is 773. The lowest BCUT2D eigenvalue weighted by molar-refractivity contribution is 0.112. The molecule has 1 N–H and O–H groups in total. The van der Waals surface area contributed by atoms with Crippen LogP contribution in [0.4, 0.5) is 0 Å². The second-order valence-corrected chi connectivity index (χ2v) is 9.02. The number of ether oxygens (including phenoxy) is 1. The lowest BCUT2D eigenvalue weighted by atomic mass is 10.1. The molecule has 5 heteroatoms. The fourth-order valence-corrected chi connectivity index (χ4v) is 4.38. The molecule has 0 heterocycles. The van der Waals surface area contributed by atoms with Crippen LogP contribution in [0, 0.1) is 6.92 Å². The highest BCUT2D eigenvalue weighted by molar-refractivity contribution is 7.89. The van der Waals surface area contributed by atoms with Crippen molar-refractivity contribution in [3.8, 4) is 0 Å². The summed E-state index contributed by atoms with van der Waals surface area (Å²) in [5.74, 6) is 0. The van der Waals surface area contributed by atoms with Crippen molar-refractivity contribution in [2.75, 3.05) is 6.61 Å². The first kappa shape index (κ1) is 22.6. The van der Waals surface area contributed by atoms with Crippen molar-refractivity contribution < 1.29 is 13.2 Å². The van der Waals surface area contributed by atoms with E-state index in [2.05, 4.69) is 11.6 Å². The predicted octanol–water partition coefficient (Wildman–Crippen LogP) is 5.22. The van der Waals surface area contributed by atoms with Crippen molar-refractivity contribution >= 4 is 10.0 Å². The molecule has 28 heavy (non-hydrogen) atoms. The quantitative estimate of drug-likeness (QED) is 0.467. The molecule has 0 unspecified atom stereocenters.